The molecule has 0 unspecified atom stereocenters. The number of nitrogen functional groups attached to an aromatic ring is 1. The Kier molecular flexibility index (Phi) is 4.85. The maximum Gasteiger partial charge on any atom is 0.263 e. The van der Waals surface area contributed by atoms with Gasteiger partial charge in [0.25, 0.3) is 5.91 Å². The zero-order chi connectivity index (χ0) is 13.0. The Labute approximate surface area is 115 Å². The molecular weight excluding hydrogens is 268 g/mol. The van der Waals surface area contributed by atoms with Crippen molar-refractivity contribution in [3.63, 3.8) is 0 Å². The molecule has 0 radical (unpaired) electrons. The molecule has 100 valence electrons. The van der Waals surface area contributed by atoms with Crippen molar-refractivity contribution in [1.29, 1.82) is 0 Å². The number of nitrogens with two attached hydrogens (primary N) is 1. The number of nitrogens with zero attached hydrogens (tertiary/aromatic N) is 2. The minimum Gasteiger partial charge on any atom is -0.375 e. The van der Waals surface area contributed by atoms with E-state index in [0.29, 0.717) is 22.2 Å². The molecule has 1 aliphatic rings. The van der Waals surface area contributed by atoms with Crippen LogP contribution < -0.4 is 11.1 Å². The Morgan fingerprint density at radius 3 is 2.83 bits per heavy atom. The van der Waals surface area contributed by atoms with Gasteiger partial charge in [0.05, 0.1) is 5.69 Å². The lowest BCUT2D eigenvalue weighted by Gasteiger charge is -2.25. The summed E-state index contributed by atoms with van der Waals surface area (Å²) in [5.74, 6) is 2.32. The molecule has 2 rings (SSSR count). The Morgan fingerprint density at radius 2 is 2.22 bits per heavy atom. The first-order valence-corrected chi connectivity index (χ1v) is 7.95. The van der Waals surface area contributed by atoms with E-state index in [2.05, 4.69) is 15.2 Å². The van der Waals surface area contributed by atoms with Gasteiger partial charge in [-0.25, -0.2) is 4.98 Å². The van der Waals surface area contributed by atoms with Crippen molar-refractivity contribution in [1.82, 2.24) is 15.2 Å². The van der Waals surface area contributed by atoms with E-state index in [1.807, 2.05) is 18.7 Å². The molecule has 0 aromatic carbocycles. The maximum absolute atomic E-state index is 11.9. The molecule has 7 heteroatoms. The summed E-state index contributed by atoms with van der Waals surface area (Å²) in [5.41, 5.74) is 6.29. The van der Waals surface area contributed by atoms with Crippen LogP contribution in [0.1, 0.15) is 15.4 Å². The summed E-state index contributed by atoms with van der Waals surface area (Å²) in [5, 5.41) is 3.38. The molecule has 0 saturated carbocycles. The van der Waals surface area contributed by atoms with Gasteiger partial charge < -0.3 is 11.1 Å². The Balaban J connectivity index is 1.76. The summed E-state index contributed by atoms with van der Waals surface area (Å²) in [6, 6.07) is 0. The summed E-state index contributed by atoms with van der Waals surface area (Å²) in [6.45, 7) is 5.64. The molecule has 0 bridgehead atoms. The van der Waals surface area contributed by atoms with Gasteiger partial charge in [-0.15, -0.1) is 0 Å². The molecule has 1 saturated heterocycles. The second kappa shape index (κ2) is 6.40. The predicted molar refractivity (Wildman–Crippen MR) is 77.4 cm³/mol. The van der Waals surface area contributed by atoms with Crippen LogP contribution in [-0.2, 0) is 0 Å². The van der Waals surface area contributed by atoms with Crippen LogP contribution in [0.5, 0.6) is 0 Å². The molecule has 0 atom stereocenters. The summed E-state index contributed by atoms with van der Waals surface area (Å²) in [4.78, 5) is 19.0. The van der Waals surface area contributed by atoms with Crippen LogP contribution in [0.25, 0.3) is 0 Å². The molecule has 18 heavy (non-hydrogen) atoms. The lowest BCUT2D eigenvalue weighted by atomic mass is 10.3. The van der Waals surface area contributed by atoms with Crippen molar-refractivity contribution < 1.29 is 4.79 Å². The van der Waals surface area contributed by atoms with Gasteiger partial charge in [0.2, 0.25) is 0 Å². The average molecular weight is 286 g/mol. The summed E-state index contributed by atoms with van der Waals surface area (Å²) < 4.78 is 0. The number of nitrogens with one attached hydrogen (secondary N) is 1. The van der Waals surface area contributed by atoms with Gasteiger partial charge >= 0.3 is 0 Å². The van der Waals surface area contributed by atoms with Crippen molar-refractivity contribution in [2.24, 2.45) is 0 Å². The van der Waals surface area contributed by atoms with Crippen LogP contribution in [0, 0.1) is 6.92 Å². The predicted octanol–water partition coefficient (Wildman–Crippen LogP) is 0.812. The average Bonchev–Trinajstić information content (AvgIpc) is 2.70. The number of rotatable bonds is 4. The van der Waals surface area contributed by atoms with Crippen LogP contribution in [0.4, 0.5) is 5.13 Å². The first-order valence-electron chi connectivity index (χ1n) is 5.98. The number of thioether (sulfide) groups is 1. The van der Waals surface area contributed by atoms with E-state index in [0.717, 1.165) is 19.6 Å². The quantitative estimate of drug-likeness (QED) is 0.857. The Bertz CT molecular complexity index is 415. The van der Waals surface area contributed by atoms with E-state index in [-0.39, 0.29) is 5.91 Å². The molecule has 1 amide bonds. The van der Waals surface area contributed by atoms with Gasteiger partial charge in [-0.05, 0) is 6.92 Å². The van der Waals surface area contributed by atoms with Gasteiger partial charge in [0.15, 0.2) is 5.13 Å². The second-order valence-corrected chi connectivity index (χ2v) is 6.43. The first kappa shape index (κ1) is 13.6. The van der Waals surface area contributed by atoms with Crippen LogP contribution in [0.15, 0.2) is 0 Å². The molecule has 1 aromatic heterocycles. The molecule has 0 aliphatic carbocycles. The van der Waals surface area contributed by atoms with E-state index >= 15 is 0 Å². The number of carbonyl (C=O) groups excluding carboxylic acids is 1. The van der Waals surface area contributed by atoms with Crippen molar-refractivity contribution in [2.75, 3.05) is 43.4 Å². The molecule has 1 aromatic rings. The highest BCUT2D eigenvalue weighted by atomic mass is 32.2. The Morgan fingerprint density at radius 1 is 1.50 bits per heavy atom. The van der Waals surface area contributed by atoms with Crippen LogP contribution >= 0.6 is 23.1 Å². The third-order valence-corrected chi connectivity index (χ3v) is 4.76. The SMILES string of the molecule is Cc1nc(N)sc1C(=O)NCCN1CCSCC1. The number of carbonyl (C=O) groups is 1. The number of thiazole rings is 1. The van der Waals surface area contributed by atoms with E-state index in [1.165, 1.54) is 22.8 Å². The fourth-order valence-corrected chi connectivity index (χ4v) is 3.59. The summed E-state index contributed by atoms with van der Waals surface area (Å²) in [6.07, 6.45) is 0. The highest BCUT2D eigenvalue weighted by molar-refractivity contribution is 7.99. The molecule has 0 spiro atoms. The van der Waals surface area contributed by atoms with Gasteiger partial charge in [0.1, 0.15) is 4.88 Å². The highest BCUT2D eigenvalue weighted by Crippen LogP contribution is 2.19. The van der Waals surface area contributed by atoms with E-state index in [4.69, 9.17) is 5.73 Å². The van der Waals surface area contributed by atoms with Gasteiger partial charge in [-0.3, -0.25) is 9.69 Å². The number of aromatic nitrogens is 1. The topological polar surface area (TPSA) is 71.2 Å². The Hall–Kier alpha value is -0.790. The van der Waals surface area contributed by atoms with E-state index < -0.39 is 0 Å². The van der Waals surface area contributed by atoms with Crippen molar-refractivity contribution in [2.45, 2.75) is 6.92 Å². The molecule has 3 N–H and O–H groups in total. The zero-order valence-electron chi connectivity index (χ0n) is 10.4. The smallest absolute Gasteiger partial charge is 0.263 e. The summed E-state index contributed by atoms with van der Waals surface area (Å²) >= 11 is 3.24. The largest absolute Gasteiger partial charge is 0.375 e. The molecule has 2 heterocycles. The third-order valence-electron chi connectivity index (χ3n) is 2.84. The number of hydrogen-bond acceptors (Lipinski definition) is 6. The van der Waals surface area contributed by atoms with Crippen molar-refractivity contribution in [3.05, 3.63) is 10.6 Å². The number of amides is 1. The second-order valence-electron chi connectivity index (χ2n) is 4.18. The van der Waals surface area contributed by atoms with E-state index in [1.54, 1.807) is 0 Å². The van der Waals surface area contributed by atoms with Gasteiger partial charge in [-0.1, -0.05) is 11.3 Å². The first-order chi connectivity index (χ1) is 8.66. The molecule has 1 aliphatic heterocycles. The monoisotopic (exact) mass is 286 g/mol. The molecular formula is C11H18N4OS2. The highest BCUT2D eigenvalue weighted by Gasteiger charge is 2.14. The number of anilines is 1. The van der Waals surface area contributed by atoms with Crippen molar-refractivity contribution >= 4 is 34.1 Å². The lowest BCUT2D eigenvalue weighted by Crippen LogP contribution is -2.39. The van der Waals surface area contributed by atoms with Crippen LogP contribution in [0.2, 0.25) is 0 Å². The van der Waals surface area contributed by atoms with Crippen molar-refractivity contribution in [3.8, 4) is 0 Å². The van der Waals surface area contributed by atoms with Gasteiger partial charge in [0, 0.05) is 37.7 Å². The van der Waals surface area contributed by atoms with Crippen LogP contribution in [0.3, 0.4) is 0 Å². The fraction of sp³-hybridized carbons (Fsp3) is 0.636. The third kappa shape index (κ3) is 3.60. The van der Waals surface area contributed by atoms with Crippen LogP contribution in [-0.4, -0.2) is 53.5 Å². The number of hydrogen-bond donors (Lipinski definition) is 2. The van der Waals surface area contributed by atoms with E-state index in [9.17, 15) is 4.79 Å². The minimum absolute atomic E-state index is 0.0620. The maximum atomic E-state index is 11.9. The number of aryl methyl sites for hydroxylation is 1. The molecule has 1 fully saturated rings. The summed E-state index contributed by atoms with van der Waals surface area (Å²) in [7, 11) is 0. The lowest BCUT2D eigenvalue weighted by molar-refractivity contribution is 0.0952. The molecule has 5 nitrogen and oxygen atoms in total. The standard InChI is InChI=1S/C11H18N4OS2/c1-8-9(18-11(12)14-8)10(16)13-2-3-15-4-6-17-7-5-15/h2-7H2,1H3,(H2,12,14)(H,13,16). The fourth-order valence-electron chi connectivity index (χ4n) is 1.86. The minimum atomic E-state index is -0.0620. The zero-order valence-corrected chi connectivity index (χ0v) is 12.1. The normalized spacial score (nSPS) is 16.7. The van der Waals surface area contributed by atoms with Gasteiger partial charge in [-0.2, -0.15) is 11.8 Å².